The van der Waals surface area contributed by atoms with E-state index >= 15 is 0 Å². The number of carboxylic acid groups (broad SMARTS) is 1. The molecule has 1 saturated carbocycles. The average molecular weight is 244 g/mol. The highest BCUT2D eigenvalue weighted by Gasteiger charge is 2.46. The van der Waals surface area contributed by atoms with Crippen molar-refractivity contribution in [3.63, 3.8) is 0 Å². The standard InChI is InChI=1S/C10H16N2O3S/c13-8(14)10(2-1-3-10)11-9(15)12-4-6-16-7-5-12/h1-7H2,(H,11,15)(H,13,14). The maximum Gasteiger partial charge on any atom is 0.329 e. The third-order valence-electron chi connectivity index (χ3n) is 3.26. The Kier molecular flexibility index (Phi) is 3.28. The van der Waals surface area contributed by atoms with E-state index in [0.717, 1.165) is 17.9 Å². The molecule has 2 aliphatic rings. The van der Waals surface area contributed by atoms with Gasteiger partial charge in [-0.25, -0.2) is 9.59 Å². The van der Waals surface area contributed by atoms with Gasteiger partial charge in [-0.1, -0.05) is 0 Å². The van der Waals surface area contributed by atoms with Crippen LogP contribution in [-0.2, 0) is 4.79 Å². The molecule has 0 bridgehead atoms. The van der Waals surface area contributed by atoms with Crippen molar-refractivity contribution in [1.82, 2.24) is 10.2 Å². The normalized spacial score (nSPS) is 23.4. The monoisotopic (exact) mass is 244 g/mol. The number of nitrogens with zero attached hydrogens (tertiary/aromatic N) is 1. The molecular formula is C10H16N2O3S. The summed E-state index contributed by atoms with van der Waals surface area (Å²) in [7, 11) is 0. The Labute approximate surface area is 98.6 Å². The number of carbonyl (C=O) groups is 2. The lowest BCUT2D eigenvalue weighted by atomic mass is 9.77. The number of aliphatic carboxylic acids is 1. The second kappa shape index (κ2) is 4.53. The summed E-state index contributed by atoms with van der Waals surface area (Å²) in [6.07, 6.45) is 1.98. The summed E-state index contributed by atoms with van der Waals surface area (Å²) >= 11 is 1.82. The van der Waals surface area contributed by atoms with Gasteiger partial charge in [0.2, 0.25) is 0 Å². The van der Waals surface area contributed by atoms with Crippen LogP contribution < -0.4 is 5.32 Å². The predicted molar refractivity (Wildman–Crippen MR) is 61.6 cm³/mol. The molecule has 0 spiro atoms. The number of hydrogen-bond acceptors (Lipinski definition) is 3. The zero-order valence-electron chi connectivity index (χ0n) is 9.07. The molecule has 0 radical (unpaired) electrons. The van der Waals surface area contributed by atoms with E-state index in [9.17, 15) is 9.59 Å². The van der Waals surface area contributed by atoms with Crippen LogP contribution in [0, 0.1) is 0 Å². The van der Waals surface area contributed by atoms with Crippen molar-refractivity contribution in [2.24, 2.45) is 0 Å². The fraction of sp³-hybridized carbons (Fsp3) is 0.800. The third-order valence-corrected chi connectivity index (χ3v) is 4.20. The van der Waals surface area contributed by atoms with Gasteiger partial charge in [0.1, 0.15) is 5.54 Å². The summed E-state index contributed by atoms with van der Waals surface area (Å²) in [5.74, 6) is 0.972. The number of rotatable bonds is 2. The summed E-state index contributed by atoms with van der Waals surface area (Å²) in [4.78, 5) is 24.6. The minimum Gasteiger partial charge on any atom is -0.480 e. The molecule has 0 atom stereocenters. The Balaban J connectivity index is 1.92. The van der Waals surface area contributed by atoms with Crippen LogP contribution in [-0.4, -0.2) is 52.1 Å². The number of urea groups is 1. The first kappa shape index (κ1) is 11.6. The SMILES string of the molecule is O=C(NC1(C(=O)O)CCC1)N1CCSCC1. The highest BCUT2D eigenvalue weighted by Crippen LogP contribution is 2.32. The maximum atomic E-state index is 11.9. The van der Waals surface area contributed by atoms with E-state index in [0.29, 0.717) is 25.9 Å². The summed E-state index contributed by atoms with van der Waals surface area (Å²) in [5.41, 5.74) is -0.984. The molecule has 0 unspecified atom stereocenters. The first-order chi connectivity index (χ1) is 7.64. The summed E-state index contributed by atoms with van der Waals surface area (Å²) < 4.78 is 0. The minimum absolute atomic E-state index is 0.220. The zero-order chi connectivity index (χ0) is 11.6. The second-order valence-electron chi connectivity index (χ2n) is 4.27. The molecular weight excluding hydrogens is 228 g/mol. The Morgan fingerprint density at radius 2 is 1.88 bits per heavy atom. The molecule has 0 aromatic rings. The van der Waals surface area contributed by atoms with Crippen LogP contribution in [0.5, 0.6) is 0 Å². The van der Waals surface area contributed by atoms with Crippen molar-refractivity contribution in [1.29, 1.82) is 0 Å². The molecule has 1 aliphatic heterocycles. The largest absolute Gasteiger partial charge is 0.480 e. The minimum atomic E-state index is -0.984. The Morgan fingerprint density at radius 3 is 2.31 bits per heavy atom. The van der Waals surface area contributed by atoms with E-state index in [4.69, 9.17) is 5.11 Å². The quantitative estimate of drug-likeness (QED) is 0.752. The molecule has 90 valence electrons. The van der Waals surface area contributed by atoms with Crippen LogP contribution in [0.1, 0.15) is 19.3 Å². The summed E-state index contributed by atoms with van der Waals surface area (Å²) in [6.45, 7) is 1.43. The lowest BCUT2D eigenvalue weighted by Gasteiger charge is -2.40. The van der Waals surface area contributed by atoms with Gasteiger partial charge < -0.3 is 15.3 Å². The Morgan fingerprint density at radius 1 is 1.25 bits per heavy atom. The average Bonchev–Trinajstić information content (AvgIpc) is 2.24. The van der Waals surface area contributed by atoms with Gasteiger partial charge in [0.15, 0.2) is 0 Å². The van der Waals surface area contributed by atoms with E-state index in [1.165, 1.54) is 0 Å². The molecule has 2 amide bonds. The van der Waals surface area contributed by atoms with Gasteiger partial charge in [-0.15, -0.1) is 0 Å². The highest BCUT2D eigenvalue weighted by molar-refractivity contribution is 7.99. The van der Waals surface area contributed by atoms with E-state index in [-0.39, 0.29) is 6.03 Å². The van der Waals surface area contributed by atoms with Gasteiger partial charge in [-0.2, -0.15) is 11.8 Å². The molecule has 2 rings (SSSR count). The smallest absolute Gasteiger partial charge is 0.329 e. The predicted octanol–water partition coefficient (Wildman–Crippen LogP) is 0.752. The van der Waals surface area contributed by atoms with E-state index in [1.54, 1.807) is 4.90 Å². The molecule has 2 N–H and O–H groups in total. The zero-order valence-corrected chi connectivity index (χ0v) is 9.89. The van der Waals surface area contributed by atoms with Crippen molar-refractivity contribution >= 4 is 23.8 Å². The molecule has 1 saturated heterocycles. The van der Waals surface area contributed by atoms with Crippen LogP contribution >= 0.6 is 11.8 Å². The van der Waals surface area contributed by atoms with E-state index < -0.39 is 11.5 Å². The van der Waals surface area contributed by atoms with Crippen molar-refractivity contribution in [3.05, 3.63) is 0 Å². The van der Waals surface area contributed by atoms with Gasteiger partial charge in [0.05, 0.1) is 0 Å². The molecule has 0 aromatic heterocycles. The number of amides is 2. The van der Waals surface area contributed by atoms with Gasteiger partial charge in [-0.05, 0) is 19.3 Å². The van der Waals surface area contributed by atoms with Crippen molar-refractivity contribution in [3.8, 4) is 0 Å². The van der Waals surface area contributed by atoms with Crippen LogP contribution in [0.4, 0.5) is 4.79 Å². The highest BCUT2D eigenvalue weighted by atomic mass is 32.2. The number of carbonyl (C=O) groups excluding carboxylic acids is 1. The van der Waals surface area contributed by atoms with Crippen LogP contribution in [0.2, 0.25) is 0 Å². The lowest BCUT2D eigenvalue weighted by Crippen LogP contribution is -2.62. The van der Waals surface area contributed by atoms with E-state index in [2.05, 4.69) is 5.32 Å². The lowest BCUT2D eigenvalue weighted by molar-refractivity contribution is -0.148. The molecule has 16 heavy (non-hydrogen) atoms. The number of thioether (sulfide) groups is 1. The van der Waals surface area contributed by atoms with Crippen molar-refractivity contribution in [2.75, 3.05) is 24.6 Å². The third kappa shape index (κ3) is 2.11. The van der Waals surface area contributed by atoms with Crippen LogP contribution in [0.3, 0.4) is 0 Å². The van der Waals surface area contributed by atoms with Gasteiger partial charge in [0.25, 0.3) is 0 Å². The number of carboxylic acids is 1. The maximum absolute atomic E-state index is 11.9. The second-order valence-corrected chi connectivity index (χ2v) is 5.50. The number of nitrogens with one attached hydrogen (secondary N) is 1. The van der Waals surface area contributed by atoms with Gasteiger partial charge >= 0.3 is 12.0 Å². The fourth-order valence-corrected chi connectivity index (χ4v) is 2.88. The number of hydrogen-bond donors (Lipinski definition) is 2. The molecule has 0 aromatic carbocycles. The Bertz CT molecular complexity index is 298. The first-order valence-electron chi connectivity index (χ1n) is 5.52. The van der Waals surface area contributed by atoms with Crippen molar-refractivity contribution < 1.29 is 14.7 Å². The summed E-state index contributed by atoms with van der Waals surface area (Å²) in [6, 6.07) is -0.220. The molecule has 6 heteroatoms. The molecule has 2 fully saturated rings. The van der Waals surface area contributed by atoms with E-state index in [1.807, 2.05) is 11.8 Å². The van der Waals surface area contributed by atoms with Gasteiger partial charge in [-0.3, -0.25) is 0 Å². The fourth-order valence-electron chi connectivity index (χ4n) is 1.97. The molecule has 1 heterocycles. The van der Waals surface area contributed by atoms with Crippen LogP contribution in [0.25, 0.3) is 0 Å². The topological polar surface area (TPSA) is 69.6 Å². The van der Waals surface area contributed by atoms with Crippen molar-refractivity contribution in [2.45, 2.75) is 24.8 Å². The van der Waals surface area contributed by atoms with Crippen LogP contribution in [0.15, 0.2) is 0 Å². The summed E-state index contributed by atoms with van der Waals surface area (Å²) in [5, 5.41) is 11.8. The van der Waals surface area contributed by atoms with Gasteiger partial charge in [0, 0.05) is 24.6 Å². The molecule has 1 aliphatic carbocycles. The Hall–Kier alpha value is -0.910. The first-order valence-corrected chi connectivity index (χ1v) is 6.68. The molecule has 5 nitrogen and oxygen atoms in total.